The number of anilines is 1. The highest BCUT2D eigenvalue weighted by Crippen LogP contribution is 2.34. The van der Waals surface area contributed by atoms with Gasteiger partial charge in [-0.15, -0.1) is 11.3 Å². The molecule has 5 nitrogen and oxygen atoms in total. The normalized spacial score (nSPS) is 19.9. The molecule has 2 aromatic rings. The van der Waals surface area contributed by atoms with Crippen molar-refractivity contribution in [3.63, 3.8) is 0 Å². The van der Waals surface area contributed by atoms with Crippen molar-refractivity contribution < 1.29 is 9.53 Å². The number of nitrogens with one attached hydrogen (secondary N) is 1. The third kappa shape index (κ3) is 4.18. The molecule has 1 amide bonds. The Morgan fingerprint density at radius 1 is 1.14 bits per heavy atom. The van der Waals surface area contributed by atoms with E-state index in [1.165, 1.54) is 4.88 Å². The van der Waals surface area contributed by atoms with Crippen molar-refractivity contribution >= 4 is 22.9 Å². The van der Waals surface area contributed by atoms with Crippen LogP contribution in [0.25, 0.3) is 0 Å². The van der Waals surface area contributed by atoms with Crippen LogP contribution in [0.1, 0.15) is 30.7 Å². The lowest BCUT2D eigenvalue weighted by molar-refractivity contribution is -0.123. The van der Waals surface area contributed by atoms with E-state index in [2.05, 4.69) is 51.7 Å². The first-order valence-corrected chi connectivity index (χ1v) is 11.0. The lowest BCUT2D eigenvalue weighted by Gasteiger charge is -2.42. The van der Waals surface area contributed by atoms with E-state index in [1.54, 1.807) is 18.4 Å². The molecular weight excluding hydrogens is 370 g/mol. The van der Waals surface area contributed by atoms with Gasteiger partial charge in [0.2, 0.25) is 5.91 Å². The number of hydrogen-bond acceptors (Lipinski definition) is 5. The minimum absolute atomic E-state index is 0.101. The number of rotatable bonds is 7. The van der Waals surface area contributed by atoms with E-state index in [0.29, 0.717) is 0 Å². The molecule has 2 aliphatic rings. The molecule has 2 heterocycles. The number of carbonyl (C=O) groups excluding carboxylic acids is 1. The molecule has 4 rings (SSSR count). The van der Waals surface area contributed by atoms with Gasteiger partial charge in [-0.3, -0.25) is 9.69 Å². The van der Waals surface area contributed by atoms with Gasteiger partial charge in [-0.2, -0.15) is 0 Å². The number of benzene rings is 1. The largest absolute Gasteiger partial charge is 0.495 e. The van der Waals surface area contributed by atoms with Crippen LogP contribution in [-0.4, -0.2) is 50.1 Å². The summed E-state index contributed by atoms with van der Waals surface area (Å²) < 4.78 is 5.54. The van der Waals surface area contributed by atoms with Crippen molar-refractivity contribution in [3.8, 4) is 5.75 Å². The molecule has 0 radical (unpaired) electrons. The van der Waals surface area contributed by atoms with Crippen LogP contribution >= 0.6 is 11.3 Å². The Hall–Kier alpha value is -2.05. The van der Waals surface area contributed by atoms with Gasteiger partial charge in [-0.25, -0.2) is 0 Å². The lowest BCUT2D eigenvalue weighted by Crippen LogP contribution is -2.52. The van der Waals surface area contributed by atoms with Crippen molar-refractivity contribution in [2.24, 2.45) is 5.92 Å². The Labute approximate surface area is 171 Å². The summed E-state index contributed by atoms with van der Waals surface area (Å²) in [5.41, 5.74) is 1.16. The average Bonchev–Trinajstić information content (AvgIpc) is 3.45. The minimum atomic E-state index is 0.101. The fraction of sp³-hybridized carbons (Fsp3) is 0.500. The van der Waals surface area contributed by atoms with Crippen LogP contribution in [0, 0.1) is 5.92 Å². The Bertz CT molecular complexity index is 783. The molecule has 2 fully saturated rings. The van der Waals surface area contributed by atoms with Crippen LogP contribution in [0.15, 0.2) is 41.8 Å². The van der Waals surface area contributed by atoms with Crippen LogP contribution in [-0.2, 0) is 4.79 Å². The summed E-state index contributed by atoms with van der Waals surface area (Å²) in [7, 11) is 1.73. The maximum absolute atomic E-state index is 12.3. The maximum Gasteiger partial charge on any atom is 0.223 e. The first-order chi connectivity index (χ1) is 13.7. The molecule has 0 unspecified atom stereocenters. The Morgan fingerprint density at radius 3 is 2.54 bits per heavy atom. The van der Waals surface area contributed by atoms with Gasteiger partial charge >= 0.3 is 0 Å². The minimum Gasteiger partial charge on any atom is -0.495 e. The van der Waals surface area contributed by atoms with Crippen molar-refractivity contribution in [2.75, 3.05) is 38.2 Å². The zero-order valence-electron chi connectivity index (χ0n) is 16.6. The number of amides is 1. The van der Waals surface area contributed by atoms with E-state index < -0.39 is 0 Å². The first-order valence-electron chi connectivity index (χ1n) is 10.1. The van der Waals surface area contributed by atoms with Gasteiger partial charge < -0.3 is 15.0 Å². The number of methoxy groups -OCH3 is 1. The number of piperazine rings is 1. The number of carbonyl (C=O) groups is 1. The van der Waals surface area contributed by atoms with E-state index in [4.69, 9.17) is 4.74 Å². The molecule has 2 atom stereocenters. The van der Waals surface area contributed by atoms with Crippen LogP contribution < -0.4 is 15.0 Å². The van der Waals surface area contributed by atoms with Gasteiger partial charge in [0.05, 0.1) is 18.8 Å². The zero-order chi connectivity index (χ0) is 19.5. The summed E-state index contributed by atoms with van der Waals surface area (Å²) in [4.78, 5) is 18.6. The van der Waals surface area contributed by atoms with Crippen molar-refractivity contribution in [1.29, 1.82) is 0 Å². The Kier molecular flexibility index (Phi) is 5.87. The Balaban J connectivity index is 1.45. The van der Waals surface area contributed by atoms with Crippen molar-refractivity contribution in [1.82, 2.24) is 10.2 Å². The molecule has 150 valence electrons. The molecule has 6 heteroatoms. The molecule has 1 aromatic heterocycles. The second-order valence-corrected chi connectivity index (χ2v) is 8.71. The fourth-order valence-corrected chi connectivity index (χ4v) is 5.06. The second kappa shape index (κ2) is 8.53. The van der Waals surface area contributed by atoms with Crippen LogP contribution in [0.3, 0.4) is 0 Å². The van der Waals surface area contributed by atoms with Crippen LogP contribution in [0.4, 0.5) is 5.69 Å². The summed E-state index contributed by atoms with van der Waals surface area (Å²) in [6.07, 6.45) is 2.08. The highest BCUT2D eigenvalue weighted by molar-refractivity contribution is 7.10. The monoisotopic (exact) mass is 399 g/mol. The van der Waals surface area contributed by atoms with E-state index in [9.17, 15) is 4.79 Å². The summed E-state index contributed by atoms with van der Waals surface area (Å²) in [6.45, 7) is 5.98. The SMILES string of the molecule is COc1ccccc1N1CCN([C@H](c2cccs2)[C@@H](C)NC(=O)C2CC2)CC1. The highest BCUT2D eigenvalue weighted by atomic mass is 32.1. The Morgan fingerprint density at radius 2 is 1.89 bits per heavy atom. The van der Waals surface area contributed by atoms with Gasteiger partial charge in [0.1, 0.15) is 5.75 Å². The highest BCUT2D eigenvalue weighted by Gasteiger charge is 2.35. The molecule has 1 N–H and O–H groups in total. The van der Waals surface area contributed by atoms with Gasteiger partial charge in [0, 0.05) is 43.0 Å². The van der Waals surface area contributed by atoms with E-state index in [1.807, 2.05) is 12.1 Å². The lowest BCUT2D eigenvalue weighted by atomic mass is 10.0. The second-order valence-electron chi connectivity index (χ2n) is 7.73. The number of hydrogen-bond donors (Lipinski definition) is 1. The molecule has 1 saturated carbocycles. The van der Waals surface area contributed by atoms with Gasteiger partial charge in [-0.1, -0.05) is 18.2 Å². The molecule has 1 saturated heterocycles. The smallest absolute Gasteiger partial charge is 0.223 e. The molecular formula is C22H29N3O2S. The van der Waals surface area contributed by atoms with Gasteiger partial charge in [-0.05, 0) is 43.3 Å². The van der Waals surface area contributed by atoms with E-state index in [-0.39, 0.29) is 23.9 Å². The molecule has 0 bridgehead atoms. The first kappa shape index (κ1) is 19.3. The number of ether oxygens (including phenoxy) is 1. The fourth-order valence-electron chi connectivity index (χ4n) is 4.10. The summed E-state index contributed by atoms with van der Waals surface area (Å²) in [6, 6.07) is 12.8. The molecule has 1 aliphatic carbocycles. The van der Waals surface area contributed by atoms with Gasteiger partial charge in [0.15, 0.2) is 0 Å². The predicted octanol–water partition coefficient (Wildman–Crippen LogP) is 3.53. The molecule has 0 spiro atoms. The summed E-state index contributed by atoms with van der Waals surface area (Å²) >= 11 is 1.78. The van der Waals surface area contributed by atoms with E-state index >= 15 is 0 Å². The number of nitrogens with zero attached hydrogens (tertiary/aromatic N) is 2. The maximum atomic E-state index is 12.3. The zero-order valence-corrected chi connectivity index (χ0v) is 17.5. The predicted molar refractivity (Wildman–Crippen MR) is 114 cm³/mol. The molecule has 28 heavy (non-hydrogen) atoms. The van der Waals surface area contributed by atoms with Crippen LogP contribution in [0.2, 0.25) is 0 Å². The summed E-state index contributed by atoms with van der Waals surface area (Å²) in [5, 5.41) is 5.41. The quantitative estimate of drug-likeness (QED) is 0.774. The third-order valence-corrected chi connectivity index (χ3v) is 6.70. The van der Waals surface area contributed by atoms with Crippen LogP contribution in [0.5, 0.6) is 5.75 Å². The molecule has 1 aromatic carbocycles. The third-order valence-electron chi connectivity index (χ3n) is 5.76. The van der Waals surface area contributed by atoms with E-state index in [0.717, 1.165) is 50.5 Å². The van der Waals surface area contributed by atoms with Gasteiger partial charge in [0.25, 0.3) is 0 Å². The standard InChI is InChI=1S/C22H29N3O2S/c1-16(23-22(26)17-9-10-17)21(20-8-5-15-28-20)25-13-11-24(12-14-25)18-6-3-4-7-19(18)27-2/h3-8,15-17,21H,9-14H2,1-2H3,(H,23,26)/t16-,21+/m1/s1. The number of para-hydroxylation sites is 2. The number of thiophene rings is 1. The summed E-state index contributed by atoms with van der Waals surface area (Å²) in [5.74, 6) is 1.39. The topological polar surface area (TPSA) is 44.8 Å². The van der Waals surface area contributed by atoms with Crippen molar-refractivity contribution in [3.05, 3.63) is 46.7 Å². The molecule has 1 aliphatic heterocycles. The average molecular weight is 400 g/mol. The van der Waals surface area contributed by atoms with Crippen molar-refractivity contribution in [2.45, 2.75) is 31.8 Å².